The first kappa shape index (κ1) is 13.3. The van der Waals surface area contributed by atoms with Gasteiger partial charge in [-0.3, -0.25) is 0 Å². The topological polar surface area (TPSA) is 49.2 Å². The smallest absolute Gasteiger partial charge is 0.135 e. The maximum atomic E-state index is 10.5. The Hall–Kier alpha value is -0.680. The molecule has 0 atom stereocenters. The minimum atomic E-state index is -0.536. The van der Waals surface area contributed by atoms with E-state index in [1.54, 1.807) is 0 Å². The van der Waals surface area contributed by atoms with Gasteiger partial charge in [-0.2, -0.15) is 0 Å². The molecule has 0 radical (unpaired) electrons. The van der Waals surface area contributed by atoms with Crippen LogP contribution >= 0.6 is 15.9 Å². The van der Waals surface area contributed by atoms with Crippen LogP contribution in [0, 0.1) is 0 Å². The third kappa shape index (κ3) is 3.08. The lowest BCUT2D eigenvalue weighted by Crippen LogP contribution is -2.39. The minimum absolute atomic E-state index is 0.536. The molecule has 2 aliphatic rings. The summed E-state index contributed by atoms with van der Waals surface area (Å²) in [5, 5.41) is 10.5. The van der Waals surface area contributed by atoms with Crippen molar-refractivity contribution in [2.75, 3.05) is 18.5 Å². The fourth-order valence-corrected chi connectivity index (χ4v) is 3.24. The van der Waals surface area contributed by atoms with Gasteiger partial charge in [0.15, 0.2) is 0 Å². The molecule has 0 saturated heterocycles. The van der Waals surface area contributed by atoms with Gasteiger partial charge in [-0.1, -0.05) is 12.8 Å². The molecular weight excluding hydrogens is 306 g/mol. The van der Waals surface area contributed by atoms with Crippen molar-refractivity contribution in [2.45, 2.75) is 50.0 Å². The molecule has 0 spiro atoms. The predicted molar refractivity (Wildman–Crippen MR) is 78.4 cm³/mol. The molecule has 4 nitrogen and oxygen atoms in total. The normalized spacial score (nSPS) is 21.6. The first-order valence-electron chi connectivity index (χ1n) is 7.04. The Kier molecular flexibility index (Phi) is 3.52. The van der Waals surface area contributed by atoms with Crippen molar-refractivity contribution in [2.24, 2.45) is 0 Å². The highest BCUT2D eigenvalue weighted by molar-refractivity contribution is 9.10. The van der Waals surface area contributed by atoms with Gasteiger partial charge in [0.05, 0.1) is 5.60 Å². The van der Waals surface area contributed by atoms with E-state index in [4.69, 9.17) is 0 Å². The monoisotopic (exact) mass is 325 g/mol. The lowest BCUT2D eigenvalue weighted by molar-refractivity contribution is 0.0558. The third-order valence-electron chi connectivity index (χ3n) is 4.10. The molecule has 0 unspecified atom stereocenters. The number of aliphatic hydroxyl groups is 1. The summed E-state index contributed by atoms with van der Waals surface area (Å²) >= 11 is 3.46. The average molecular weight is 326 g/mol. The highest BCUT2D eigenvalue weighted by Crippen LogP contribution is 2.39. The molecule has 2 aliphatic carbocycles. The zero-order valence-corrected chi connectivity index (χ0v) is 12.9. The van der Waals surface area contributed by atoms with E-state index in [2.05, 4.69) is 30.8 Å². The SMILES string of the molecule is CN(CC1(O)CCCC1)c1cc(Br)nc(C2CC2)n1. The van der Waals surface area contributed by atoms with Crippen molar-refractivity contribution in [3.63, 3.8) is 0 Å². The molecule has 1 aromatic heterocycles. The Bertz CT molecular complexity index is 470. The Balaban J connectivity index is 1.76. The van der Waals surface area contributed by atoms with Gasteiger partial charge in [-0.05, 0) is 41.6 Å². The van der Waals surface area contributed by atoms with Crippen LogP contribution in [0.5, 0.6) is 0 Å². The van der Waals surface area contributed by atoms with Crippen LogP contribution in [0.2, 0.25) is 0 Å². The van der Waals surface area contributed by atoms with Gasteiger partial charge in [0.2, 0.25) is 0 Å². The lowest BCUT2D eigenvalue weighted by Gasteiger charge is -2.29. The summed E-state index contributed by atoms with van der Waals surface area (Å²) in [6.45, 7) is 0.653. The summed E-state index contributed by atoms with van der Waals surface area (Å²) < 4.78 is 0.838. The van der Waals surface area contributed by atoms with E-state index in [0.717, 1.165) is 41.9 Å². The van der Waals surface area contributed by atoms with Crippen LogP contribution in [0.3, 0.4) is 0 Å². The quantitative estimate of drug-likeness (QED) is 0.865. The highest BCUT2D eigenvalue weighted by Gasteiger charge is 2.33. The zero-order chi connectivity index (χ0) is 13.5. The second-order valence-corrected chi connectivity index (χ2v) is 6.78. The Morgan fingerprint density at radius 1 is 1.37 bits per heavy atom. The summed E-state index contributed by atoms with van der Waals surface area (Å²) in [5.41, 5.74) is -0.536. The number of hydrogen-bond donors (Lipinski definition) is 1. The number of aromatic nitrogens is 2. The summed E-state index contributed by atoms with van der Waals surface area (Å²) in [6, 6.07) is 1.93. The highest BCUT2D eigenvalue weighted by atomic mass is 79.9. The first-order chi connectivity index (χ1) is 9.06. The van der Waals surface area contributed by atoms with E-state index in [1.807, 2.05) is 13.1 Å². The van der Waals surface area contributed by atoms with Crippen molar-refractivity contribution in [1.82, 2.24) is 9.97 Å². The molecule has 5 heteroatoms. The van der Waals surface area contributed by atoms with Crippen LogP contribution in [0.25, 0.3) is 0 Å². The van der Waals surface area contributed by atoms with Crippen molar-refractivity contribution in [3.05, 3.63) is 16.5 Å². The van der Waals surface area contributed by atoms with E-state index in [-0.39, 0.29) is 0 Å². The molecule has 1 aromatic rings. The molecule has 104 valence electrons. The Labute approximate surface area is 122 Å². The average Bonchev–Trinajstić information content (AvgIpc) is 3.12. The molecule has 3 rings (SSSR count). The number of anilines is 1. The van der Waals surface area contributed by atoms with Gasteiger partial charge < -0.3 is 10.0 Å². The largest absolute Gasteiger partial charge is 0.388 e. The summed E-state index contributed by atoms with van der Waals surface area (Å²) in [7, 11) is 2.00. The molecule has 1 heterocycles. The van der Waals surface area contributed by atoms with Crippen LogP contribution < -0.4 is 4.90 Å². The van der Waals surface area contributed by atoms with Crippen LogP contribution in [-0.2, 0) is 0 Å². The van der Waals surface area contributed by atoms with Crippen LogP contribution in [0.15, 0.2) is 10.7 Å². The van der Waals surface area contributed by atoms with Crippen LogP contribution in [0.1, 0.15) is 50.3 Å². The van der Waals surface area contributed by atoms with Gasteiger partial charge in [-0.25, -0.2) is 9.97 Å². The van der Waals surface area contributed by atoms with Gasteiger partial charge in [0, 0.05) is 25.6 Å². The second-order valence-electron chi connectivity index (χ2n) is 5.97. The van der Waals surface area contributed by atoms with E-state index in [1.165, 1.54) is 12.8 Å². The van der Waals surface area contributed by atoms with Gasteiger partial charge in [0.25, 0.3) is 0 Å². The third-order valence-corrected chi connectivity index (χ3v) is 4.50. The lowest BCUT2D eigenvalue weighted by atomic mass is 10.0. The molecule has 0 bridgehead atoms. The summed E-state index contributed by atoms with van der Waals surface area (Å²) in [6.07, 6.45) is 6.46. The zero-order valence-electron chi connectivity index (χ0n) is 11.3. The second kappa shape index (κ2) is 5.02. The predicted octanol–water partition coefficient (Wildman–Crippen LogP) is 2.86. The van der Waals surface area contributed by atoms with Crippen molar-refractivity contribution < 1.29 is 5.11 Å². The summed E-state index contributed by atoms with van der Waals surface area (Å²) in [5.74, 6) is 2.39. The summed E-state index contributed by atoms with van der Waals surface area (Å²) in [4.78, 5) is 11.1. The van der Waals surface area contributed by atoms with Crippen molar-refractivity contribution >= 4 is 21.7 Å². The number of rotatable bonds is 4. The number of hydrogen-bond acceptors (Lipinski definition) is 4. The molecule has 2 fully saturated rings. The number of nitrogens with zero attached hydrogens (tertiary/aromatic N) is 3. The van der Waals surface area contributed by atoms with E-state index < -0.39 is 5.60 Å². The molecule has 0 aromatic carbocycles. The molecule has 0 aliphatic heterocycles. The van der Waals surface area contributed by atoms with Gasteiger partial charge in [0.1, 0.15) is 16.2 Å². The molecule has 0 amide bonds. The number of halogens is 1. The van der Waals surface area contributed by atoms with E-state index >= 15 is 0 Å². The molecule has 19 heavy (non-hydrogen) atoms. The van der Waals surface area contributed by atoms with Crippen molar-refractivity contribution in [3.8, 4) is 0 Å². The fraction of sp³-hybridized carbons (Fsp3) is 0.714. The van der Waals surface area contributed by atoms with E-state index in [0.29, 0.717) is 12.5 Å². The standard InChI is InChI=1S/C14H20BrN3O/c1-18(9-14(19)6-2-3-7-14)12-8-11(15)16-13(17-12)10-4-5-10/h8,10,19H,2-7,9H2,1H3. The molecule has 2 saturated carbocycles. The van der Waals surface area contributed by atoms with Gasteiger partial charge in [-0.15, -0.1) is 0 Å². The van der Waals surface area contributed by atoms with Crippen LogP contribution in [-0.4, -0.2) is 34.3 Å². The van der Waals surface area contributed by atoms with Gasteiger partial charge >= 0.3 is 0 Å². The Morgan fingerprint density at radius 2 is 2.05 bits per heavy atom. The molecular formula is C14H20BrN3O. The maximum absolute atomic E-state index is 10.5. The minimum Gasteiger partial charge on any atom is -0.388 e. The Morgan fingerprint density at radius 3 is 2.68 bits per heavy atom. The first-order valence-corrected chi connectivity index (χ1v) is 7.83. The van der Waals surface area contributed by atoms with Crippen LogP contribution in [0.4, 0.5) is 5.82 Å². The van der Waals surface area contributed by atoms with E-state index in [9.17, 15) is 5.11 Å². The van der Waals surface area contributed by atoms with Crippen molar-refractivity contribution in [1.29, 1.82) is 0 Å². The maximum Gasteiger partial charge on any atom is 0.135 e. The fourth-order valence-electron chi connectivity index (χ4n) is 2.86. The molecule has 1 N–H and O–H groups in total. The number of likely N-dealkylation sites (N-methyl/N-ethyl adjacent to an activating group) is 1.